The van der Waals surface area contributed by atoms with Crippen molar-refractivity contribution in [2.75, 3.05) is 11.9 Å². The number of aliphatic hydroxyl groups is 1. The van der Waals surface area contributed by atoms with E-state index in [0.29, 0.717) is 5.69 Å². The van der Waals surface area contributed by atoms with E-state index < -0.39 is 0 Å². The number of rotatable bonds is 5. The van der Waals surface area contributed by atoms with Crippen molar-refractivity contribution < 1.29 is 14.3 Å². The second kappa shape index (κ2) is 6.45. The number of fused-ring (bicyclic) bond motifs is 1. The molecule has 1 heterocycles. The Kier molecular flexibility index (Phi) is 4.21. The highest BCUT2D eigenvalue weighted by Crippen LogP contribution is 2.24. The molecule has 0 radical (unpaired) electrons. The quantitative estimate of drug-likeness (QED) is 0.759. The Hall–Kier alpha value is -2.59. The average molecular weight is 295 g/mol. The Morgan fingerprint density at radius 1 is 1.09 bits per heavy atom. The smallest absolute Gasteiger partial charge is 0.226 e. The predicted molar refractivity (Wildman–Crippen MR) is 85.8 cm³/mol. The maximum atomic E-state index is 11.5. The summed E-state index contributed by atoms with van der Waals surface area (Å²) in [6.45, 7) is -0.157. The summed E-state index contributed by atoms with van der Waals surface area (Å²) in [5, 5.41) is 12.5. The topological polar surface area (TPSA) is 62.5 Å². The molecule has 0 spiro atoms. The Morgan fingerprint density at radius 3 is 2.68 bits per heavy atom. The highest BCUT2D eigenvalue weighted by molar-refractivity contribution is 5.93. The van der Waals surface area contributed by atoms with Crippen LogP contribution in [0.25, 0.3) is 11.0 Å². The lowest BCUT2D eigenvalue weighted by molar-refractivity contribution is -0.116. The van der Waals surface area contributed by atoms with Gasteiger partial charge < -0.3 is 14.8 Å². The Labute approximate surface area is 128 Å². The number of nitrogens with one attached hydrogen (secondary N) is 1. The minimum Gasteiger partial charge on any atom is -0.461 e. The van der Waals surface area contributed by atoms with Gasteiger partial charge in [0.25, 0.3) is 0 Å². The lowest BCUT2D eigenvalue weighted by Crippen LogP contribution is -2.12. The van der Waals surface area contributed by atoms with E-state index >= 15 is 0 Å². The molecule has 22 heavy (non-hydrogen) atoms. The molecule has 3 aromatic rings. The molecule has 0 atom stereocenters. The van der Waals surface area contributed by atoms with Crippen LogP contribution >= 0.6 is 0 Å². The first-order valence-electron chi connectivity index (χ1n) is 7.22. The van der Waals surface area contributed by atoms with E-state index in [9.17, 15) is 4.79 Å². The van der Waals surface area contributed by atoms with Crippen LogP contribution < -0.4 is 5.32 Å². The molecule has 112 valence electrons. The van der Waals surface area contributed by atoms with Crippen molar-refractivity contribution in [2.45, 2.75) is 12.8 Å². The second-order valence-electron chi connectivity index (χ2n) is 5.15. The SMILES string of the molecule is O=C(CCO)Nc1ccc2cc(Cc3ccccc3)oc2c1. The highest BCUT2D eigenvalue weighted by atomic mass is 16.3. The minimum absolute atomic E-state index is 0.0927. The molecule has 3 rings (SSSR count). The summed E-state index contributed by atoms with van der Waals surface area (Å²) in [6.07, 6.45) is 0.831. The number of benzene rings is 2. The molecule has 4 nitrogen and oxygen atoms in total. The number of anilines is 1. The molecule has 2 aromatic carbocycles. The number of aliphatic hydroxyl groups excluding tert-OH is 1. The number of amides is 1. The van der Waals surface area contributed by atoms with E-state index in [1.807, 2.05) is 36.4 Å². The standard InChI is InChI=1S/C18H17NO3/c20-9-8-18(21)19-15-7-6-14-11-16(22-17(14)12-15)10-13-4-2-1-3-5-13/h1-7,11-12,20H,8-10H2,(H,19,21). The number of hydrogen-bond acceptors (Lipinski definition) is 3. The van der Waals surface area contributed by atoms with Crippen LogP contribution in [0.15, 0.2) is 59.0 Å². The van der Waals surface area contributed by atoms with Crippen molar-refractivity contribution in [1.82, 2.24) is 0 Å². The fraction of sp³-hybridized carbons (Fsp3) is 0.167. The third-order valence-electron chi connectivity index (χ3n) is 3.41. The second-order valence-corrected chi connectivity index (χ2v) is 5.15. The monoisotopic (exact) mass is 295 g/mol. The number of hydrogen-bond donors (Lipinski definition) is 2. The van der Waals surface area contributed by atoms with Crippen LogP contribution in [0, 0.1) is 0 Å². The number of furan rings is 1. The predicted octanol–water partition coefficient (Wildman–Crippen LogP) is 3.34. The van der Waals surface area contributed by atoms with Crippen molar-refractivity contribution in [2.24, 2.45) is 0 Å². The lowest BCUT2D eigenvalue weighted by Gasteiger charge is -2.03. The van der Waals surface area contributed by atoms with Crippen molar-refractivity contribution in [3.8, 4) is 0 Å². The molecule has 4 heteroatoms. The number of carbonyl (C=O) groups is 1. The average Bonchev–Trinajstić information content (AvgIpc) is 2.90. The van der Waals surface area contributed by atoms with Crippen molar-refractivity contribution in [3.05, 3.63) is 65.9 Å². The Balaban J connectivity index is 1.79. The fourth-order valence-electron chi connectivity index (χ4n) is 2.37. The molecule has 0 aliphatic carbocycles. The normalized spacial score (nSPS) is 10.8. The fourth-order valence-corrected chi connectivity index (χ4v) is 2.37. The van der Waals surface area contributed by atoms with Gasteiger partial charge in [-0.1, -0.05) is 30.3 Å². The minimum atomic E-state index is -0.210. The third-order valence-corrected chi connectivity index (χ3v) is 3.41. The van der Waals surface area contributed by atoms with Crippen molar-refractivity contribution in [1.29, 1.82) is 0 Å². The summed E-state index contributed by atoms with van der Waals surface area (Å²) in [4.78, 5) is 11.5. The Bertz CT molecular complexity index is 777. The van der Waals surface area contributed by atoms with E-state index in [1.54, 1.807) is 6.07 Å². The number of carbonyl (C=O) groups excluding carboxylic acids is 1. The molecule has 0 aliphatic rings. The van der Waals surface area contributed by atoms with E-state index in [2.05, 4.69) is 17.4 Å². The van der Waals surface area contributed by atoms with E-state index in [0.717, 1.165) is 23.2 Å². The van der Waals surface area contributed by atoms with Crippen LogP contribution in [-0.2, 0) is 11.2 Å². The van der Waals surface area contributed by atoms with Gasteiger partial charge in [0.1, 0.15) is 11.3 Å². The molecule has 0 aliphatic heterocycles. The van der Waals surface area contributed by atoms with Crippen LogP contribution in [0.4, 0.5) is 5.69 Å². The van der Waals surface area contributed by atoms with Gasteiger partial charge in [-0.25, -0.2) is 0 Å². The zero-order valence-electron chi connectivity index (χ0n) is 12.1. The Morgan fingerprint density at radius 2 is 1.91 bits per heavy atom. The molecule has 0 fully saturated rings. The molecule has 2 N–H and O–H groups in total. The largest absolute Gasteiger partial charge is 0.461 e. The summed E-state index contributed by atoms with van der Waals surface area (Å²) >= 11 is 0. The summed E-state index contributed by atoms with van der Waals surface area (Å²) in [5.74, 6) is 0.679. The third kappa shape index (κ3) is 3.35. The van der Waals surface area contributed by atoms with Gasteiger partial charge in [-0.2, -0.15) is 0 Å². The van der Waals surface area contributed by atoms with Gasteiger partial charge in [-0.3, -0.25) is 4.79 Å². The lowest BCUT2D eigenvalue weighted by atomic mass is 10.1. The molecule has 1 amide bonds. The molecule has 1 aromatic heterocycles. The summed E-state index contributed by atoms with van der Waals surface area (Å²) in [6, 6.07) is 17.7. The van der Waals surface area contributed by atoms with Crippen LogP contribution in [0.5, 0.6) is 0 Å². The van der Waals surface area contributed by atoms with Gasteiger partial charge in [0.15, 0.2) is 0 Å². The first-order chi connectivity index (χ1) is 10.7. The van der Waals surface area contributed by atoms with Crippen LogP contribution in [0.1, 0.15) is 17.7 Å². The molecule has 0 unspecified atom stereocenters. The van der Waals surface area contributed by atoms with Gasteiger partial charge in [-0.15, -0.1) is 0 Å². The van der Waals surface area contributed by atoms with Gasteiger partial charge in [0.05, 0.1) is 13.0 Å². The van der Waals surface area contributed by atoms with E-state index in [1.165, 1.54) is 5.56 Å². The first kappa shape index (κ1) is 14.4. The molecular weight excluding hydrogens is 278 g/mol. The first-order valence-corrected chi connectivity index (χ1v) is 7.22. The summed E-state index contributed by atoms with van der Waals surface area (Å²) in [7, 11) is 0. The molecule has 0 bridgehead atoms. The van der Waals surface area contributed by atoms with E-state index in [-0.39, 0.29) is 18.9 Å². The van der Waals surface area contributed by atoms with Crippen LogP contribution in [0.2, 0.25) is 0 Å². The molecule has 0 saturated carbocycles. The highest BCUT2D eigenvalue weighted by Gasteiger charge is 2.07. The van der Waals surface area contributed by atoms with Crippen molar-refractivity contribution >= 4 is 22.6 Å². The van der Waals surface area contributed by atoms with Gasteiger partial charge >= 0.3 is 0 Å². The zero-order chi connectivity index (χ0) is 15.4. The zero-order valence-corrected chi connectivity index (χ0v) is 12.1. The van der Waals surface area contributed by atoms with E-state index in [4.69, 9.17) is 9.52 Å². The maximum Gasteiger partial charge on any atom is 0.226 e. The maximum absolute atomic E-state index is 11.5. The van der Waals surface area contributed by atoms with Crippen molar-refractivity contribution in [3.63, 3.8) is 0 Å². The summed E-state index contributed by atoms with van der Waals surface area (Å²) < 4.78 is 5.85. The molecular formula is C18H17NO3. The molecule has 0 saturated heterocycles. The van der Waals surface area contributed by atoms with Gasteiger partial charge in [-0.05, 0) is 23.8 Å². The van der Waals surface area contributed by atoms with Gasteiger partial charge in [0, 0.05) is 23.6 Å². The van der Waals surface area contributed by atoms with Crippen LogP contribution in [0.3, 0.4) is 0 Å². The van der Waals surface area contributed by atoms with Crippen LogP contribution in [-0.4, -0.2) is 17.6 Å². The summed E-state index contributed by atoms with van der Waals surface area (Å²) in [5.41, 5.74) is 2.61. The van der Waals surface area contributed by atoms with Gasteiger partial charge in [0.2, 0.25) is 5.91 Å².